The molecule has 236 valence electrons. The predicted octanol–water partition coefficient (Wildman–Crippen LogP) is 7.40. The molecule has 4 aromatic carbocycles. The number of carbonyl (C=O) groups excluding carboxylic acids is 2. The minimum absolute atomic E-state index is 0.0334. The molecule has 0 aromatic heterocycles. The van der Waals surface area contributed by atoms with E-state index in [9.17, 15) is 18.0 Å². The van der Waals surface area contributed by atoms with Gasteiger partial charge in [0.25, 0.3) is 10.0 Å². The number of unbranched alkanes of at least 4 members (excludes halogenated alkanes) is 1. The van der Waals surface area contributed by atoms with E-state index >= 15 is 0 Å². The van der Waals surface area contributed by atoms with E-state index in [4.69, 9.17) is 34.8 Å². The van der Waals surface area contributed by atoms with Crippen molar-refractivity contribution >= 4 is 62.3 Å². The molecule has 4 aromatic rings. The average molecular weight is 687 g/mol. The van der Waals surface area contributed by atoms with Gasteiger partial charge in [0, 0.05) is 29.6 Å². The Bertz CT molecular complexity index is 1710. The van der Waals surface area contributed by atoms with E-state index < -0.39 is 28.5 Å². The first-order valence-electron chi connectivity index (χ1n) is 14.5. The van der Waals surface area contributed by atoms with Crippen molar-refractivity contribution in [2.24, 2.45) is 0 Å². The van der Waals surface area contributed by atoms with Gasteiger partial charge in [-0.15, -0.1) is 0 Å². The predicted molar refractivity (Wildman–Crippen MR) is 181 cm³/mol. The second-order valence-electron chi connectivity index (χ2n) is 10.4. The summed E-state index contributed by atoms with van der Waals surface area (Å²) in [5.41, 5.74) is 1.47. The Labute approximate surface area is 279 Å². The van der Waals surface area contributed by atoms with E-state index in [0.29, 0.717) is 17.1 Å². The molecule has 0 saturated carbocycles. The Hall–Kier alpha value is -3.56. The zero-order valence-electron chi connectivity index (χ0n) is 24.7. The van der Waals surface area contributed by atoms with Crippen LogP contribution in [-0.2, 0) is 32.6 Å². The topological polar surface area (TPSA) is 86.8 Å². The summed E-state index contributed by atoms with van der Waals surface area (Å²) in [6.45, 7) is 1.75. The fourth-order valence-corrected chi connectivity index (χ4v) is 6.86. The number of halogens is 3. The van der Waals surface area contributed by atoms with Crippen molar-refractivity contribution in [1.29, 1.82) is 0 Å². The quantitative estimate of drug-likeness (QED) is 0.140. The fourth-order valence-electron chi connectivity index (χ4n) is 4.78. The molecular weight excluding hydrogens is 653 g/mol. The van der Waals surface area contributed by atoms with Crippen molar-refractivity contribution in [1.82, 2.24) is 10.2 Å². The number of sulfonamides is 1. The molecule has 0 bridgehead atoms. The van der Waals surface area contributed by atoms with Gasteiger partial charge in [-0.05, 0) is 53.9 Å². The summed E-state index contributed by atoms with van der Waals surface area (Å²) in [7, 11) is -4.31. The second kappa shape index (κ2) is 16.1. The number of amides is 2. The van der Waals surface area contributed by atoms with Gasteiger partial charge in [-0.1, -0.05) is 115 Å². The van der Waals surface area contributed by atoms with Crippen molar-refractivity contribution in [3.05, 3.63) is 129 Å². The third kappa shape index (κ3) is 9.01. The fraction of sp³-hybridized carbons (Fsp3) is 0.235. The van der Waals surface area contributed by atoms with Crippen LogP contribution in [0.25, 0.3) is 0 Å². The largest absolute Gasteiger partial charge is 0.354 e. The zero-order chi connectivity index (χ0) is 32.4. The summed E-state index contributed by atoms with van der Waals surface area (Å²) in [4.78, 5) is 29.7. The van der Waals surface area contributed by atoms with Crippen LogP contribution in [-0.4, -0.2) is 44.3 Å². The number of benzene rings is 4. The molecule has 1 N–H and O–H groups in total. The SMILES string of the molecule is CCCCNC(=O)C(Cc1ccccc1)N(Cc1ccccc1Cl)C(=O)CN(c1cc(Cl)ccc1Cl)S(=O)(=O)c1ccccc1. The highest BCUT2D eigenvalue weighted by Gasteiger charge is 2.35. The summed E-state index contributed by atoms with van der Waals surface area (Å²) in [5.74, 6) is -0.983. The van der Waals surface area contributed by atoms with Crippen molar-refractivity contribution in [2.45, 2.75) is 43.7 Å². The Morgan fingerprint density at radius 1 is 0.822 bits per heavy atom. The van der Waals surface area contributed by atoms with Crippen LogP contribution in [0.5, 0.6) is 0 Å². The van der Waals surface area contributed by atoms with Gasteiger partial charge in [-0.3, -0.25) is 13.9 Å². The van der Waals surface area contributed by atoms with Gasteiger partial charge in [-0.2, -0.15) is 0 Å². The Kier molecular flexibility index (Phi) is 12.3. The highest BCUT2D eigenvalue weighted by molar-refractivity contribution is 7.92. The number of nitrogens with one attached hydrogen (secondary N) is 1. The summed E-state index contributed by atoms with van der Waals surface area (Å²) in [6, 6.07) is 27.5. The number of hydrogen-bond acceptors (Lipinski definition) is 4. The first-order chi connectivity index (χ1) is 21.6. The first kappa shape index (κ1) is 34.3. The number of carbonyl (C=O) groups is 2. The van der Waals surface area contributed by atoms with Gasteiger partial charge >= 0.3 is 0 Å². The maximum absolute atomic E-state index is 14.5. The molecule has 1 atom stereocenters. The lowest BCUT2D eigenvalue weighted by Gasteiger charge is -2.34. The van der Waals surface area contributed by atoms with Crippen molar-refractivity contribution in [3.63, 3.8) is 0 Å². The Balaban J connectivity index is 1.82. The van der Waals surface area contributed by atoms with E-state index in [1.165, 1.54) is 35.2 Å². The van der Waals surface area contributed by atoms with Gasteiger partial charge in [0.05, 0.1) is 15.6 Å². The minimum atomic E-state index is -4.31. The number of rotatable bonds is 14. The number of nitrogens with zero attached hydrogens (tertiary/aromatic N) is 2. The lowest BCUT2D eigenvalue weighted by molar-refractivity contribution is -0.140. The molecule has 0 heterocycles. The van der Waals surface area contributed by atoms with Crippen LogP contribution >= 0.6 is 34.8 Å². The molecule has 0 aliphatic heterocycles. The van der Waals surface area contributed by atoms with Gasteiger partial charge in [-0.25, -0.2) is 8.42 Å². The summed E-state index contributed by atoms with van der Waals surface area (Å²) >= 11 is 19.3. The summed E-state index contributed by atoms with van der Waals surface area (Å²) in [5, 5.41) is 3.69. The monoisotopic (exact) mass is 685 g/mol. The molecule has 0 fully saturated rings. The van der Waals surface area contributed by atoms with Crippen molar-refractivity contribution < 1.29 is 18.0 Å². The zero-order valence-corrected chi connectivity index (χ0v) is 27.8. The van der Waals surface area contributed by atoms with Crippen LogP contribution in [0.1, 0.15) is 30.9 Å². The van der Waals surface area contributed by atoms with E-state index in [0.717, 1.165) is 22.7 Å². The summed E-state index contributed by atoms with van der Waals surface area (Å²) in [6.07, 6.45) is 1.83. The van der Waals surface area contributed by atoms with Crippen LogP contribution in [0.3, 0.4) is 0 Å². The lowest BCUT2D eigenvalue weighted by atomic mass is 10.0. The molecule has 1 unspecified atom stereocenters. The first-order valence-corrected chi connectivity index (χ1v) is 17.1. The van der Waals surface area contributed by atoms with E-state index in [-0.39, 0.29) is 39.5 Å². The molecule has 0 aliphatic rings. The standard InChI is InChI=1S/C34H34Cl3N3O4S/c1-2-3-20-38-34(42)32(21-25-12-6-4-7-13-25)39(23-26-14-10-11-17-29(26)36)33(41)24-40(31-22-27(35)18-19-30(31)37)45(43,44)28-15-8-5-9-16-28/h4-19,22,32H,2-3,20-21,23-24H2,1H3,(H,38,42). The number of anilines is 1. The molecular formula is C34H34Cl3N3O4S. The molecule has 0 saturated heterocycles. The molecule has 4 rings (SSSR count). The van der Waals surface area contributed by atoms with Crippen molar-refractivity contribution in [3.8, 4) is 0 Å². The van der Waals surface area contributed by atoms with Gasteiger partial charge in [0.2, 0.25) is 11.8 Å². The maximum Gasteiger partial charge on any atom is 0.264 e. The molecule has 0 radical (unpaired) electrons. The highest BCUT2D eigenvalue weighted by Crippen LogP contribution is 2.33. The van der Waals surface area contributed by atoms with Gasteiger partial charge < -0.3 is 10.2 Å². The smallest absolute Gasteiger partial charge is 0.264 e. The van der Waals surface area contributed by atoms with E-state index in [1.807, 2.05) is 37.3 Å². The highest BCUT2D eigenvalue weighted by atomic mass is 35.5. The normalized spacial score (nSPS) is 11.9. The van der Waals surface area contributed by atoms with Crippen LogP contribution < -0.4 is 9.62 Å². The van der Waals surface area contributed by atoms with Crippen LogP contribution in [0, 0.1) is 0 Å². The van der Waals surface area contributed by atoms with Gasteiger partial charge in [0.1, 0.15) is 12.6 Å². The third-order valence-corrected chi connectivity index (χ3v) is 9.88. The Morgan fingerprint density at radius 3 is 2.13 bits per heavy atom. The molecule has 11 heteroatoms. The lowest BCUT2D eigenvalue weighted by Crippen LogP contribution is -2.53. The third-order valence-electron chi connectivity index (χ3n) is 7.19. The molecule has 7 nitrogen and oxygen atoms in total. The van der Waals surface area contributed by atoms with Crippen LogP contribution in [0.15, 0.2) is 108 Å². The second-order valence-corrected chi connectivity index (χ2v) is 13.5. The Morgan fingerprint density at radius 2 is 1.47 bits per heavy atom. The van der Waals surface area contributed by atoms with Crippen molar-refractivity contribution in [2.75, 3.05) is 17.4 Å². The minimum Gasteiger partial charge on any atom is -0.354 e. The van der Waals surface area contributed by atoms with Crippen LogP contribution in [0.2, 0.25) is 15.1 Å². The number of hydrogen-bond donors (Lipinski definition) is 1. The molecule has 0 aliphatic carbocycles. The molecule has 0 spiro atoms. The maximum atomic E-state index is 14.5. The van der Waals surface area contributed by atoms with Crippen LogP contribution in [0.4, 0.5) is 5.69 Å². The van der Waals surface area contributed by atoms with E-state index in [1.54, 1.807) is 42.5 Å². The molecule has 2 amide bonds. The summed E-state index contributed by atoms with van der Waals surface area (Å²) < 4.78 is 29.1. The molecule has 45 heavy (non-hydrogen) atoms. The van der Waals surface area contributed by atoms with Gasteiger partial charge in [0.15, 0.2) is 0 Å². The van der Waals surface area contributed by atoms with E-state index in [2.05, 4.69) is 5.32 Å². The average Bonchev–Trinajstić information content (AvgIpc) is 3.04.